The molecule has 96 valence electrons. The lowest BCUT2D eigenvalue weighted by Crippen LogP contribution is -2.19. The molecule has 2 unspecified atom stereocenters. The molecule has 1 saturated carbocycles. The average molecular weight is 248 g/mol. The third-order valence-corrected chi connectivity index (χ3v) is 4.55. The quantitative estimate of drug-likeness (QED) is 0.429. The van der Waals surface area contributed by atoms with E-state index in [1.165, 1.54) is 12.7 Å². The van der Waals surface area contributed by atoms with Crippen molar-refractivity contribution in [1.29, 1.82) is 0 Å². The molecular weight excluding hydrogens is 232 g/mol. The van der Waals surface area contributed by atoms with E-state index in [0.29, 0.717) is 36.8 Å². The number of hydrogen-bond donors (Lipinski definition) is 0. The molecule has 0 saturated heterocycles. The molecule has 4 nitrogen and oxygen atoms in total. The predicted octanol–water partition coefficient (Wildman–Crippen LogP) is 1.47. The van der Waals surface area contributed by atoms with Crippen molar-refractivity contribution in [3.63, 3.8) is 0 Å². The van der Waals surface area contributed by atoms with Gasteiger partial charge in [-0.25, -0.2) is 4.79 Å². The molecule has 0 N–H and O–H groups in total. The van der Waals surface area contributed by atoms with Crippen molar-refractivity contribution in [2.24, 2.45) is 23.7 Å². The zero-order valence-electron chi connectivity index (χ0n) is 10.3. The highest BCUT2D eigenvalue weighted by atomic mass is 16.5. The maximum absolute atomic E-state index is 11.6. The van der Waals surface area contributed by atoms with Crippen LogP contribution in [0.15, 0.2) is 23.3 Å². The van der Waals surface area contributed by atoms with Crippen molar-refractivity contribution in [2.75, 3.05) is 13.7 Å². The second-order valence-corrected chi connectivity index (χ2v) is 5.28. The number of hydrogen-bond acceptors (Lipinski definition) is 4. The van der Waals surface area contributed by atoms with E-state index in [-0.39, 0.29) is 5.97 Å². The molecule has 0 spiro atoms. The summed E-state index contributed by atoms with van der Waals surface area (Å²) in [4.78, 5) is 21.8. The topological polar surface area (TPSA) is 52.6 Å². The first-order valence-corrected chi connectivity index (χ1v) is 6.29. The number of allylic oxidation sites excluding steroid dienone is 2. The Morgan fingerprint density at radius 1 is 1.50 bits per heavy atom. The summed E-state index contributed by atoms with van der Waals surface area (Å²) >= 11 is 0. The minimum absolute atomic E-state index is 0.200. The van der Waals surface area contributed by atoms with Crippen molar-refractivity contribution in [2.45, 2.75) is 12.8 Å². The Labute approximate surface area is 106 Å². The summed E-state index contributed by atoms with van der Waals surface area (Å²) in [5, 5.41) is 0. The van der Waals surface area contributed by atoms with E-state index in [4.69, 9.17) is 9.47 Å². The molecule has 0 heterocycles. The van der Waals surface area contributed by atoms with Crippen LogP contribution < -0.4 is 0 Å². The van der Waals surface area contributed by atoms with Crippen LogP contribution in [0.25, 0.3) is 0 Å². The van der Waals surface area contributed by atoms with Crippen molar-refractivity contribution in [3.8, 4) is 0 Å². The number of fused-ring (bicyclic) bond motifs is 5. The molecule has 4 atom stereocenters. The summed E-state index contributed by atoms with van der Waals surface area (Å²) in [6, 6.07) is 0. The van der Waals surface area contributed by atoms with Crippen LogP contribution in [0.4, 0.5) is 0 Å². The Balaban J connectivity index is 1.73. The zero-order chi connectivity index (χ0) is 12.7. The molecule has 0 aromatic heterocycles. The van der Waals surface area contributed by atoms with Gasteiger partial charge in [0.1, 0.15) is 6.61 Å². The highest BCUT2D eigenvalue weighted by Gasteiger charge is 2.50. The number of rotatable bonds is 4. The fraction of sp³-hybridized carbons (Fsp3) is 0.571. The van der Waals surface area contributed by atoms with Crippen molar-refractivity contribution in [3.05, 3.63) is 23.3 Å². The molecule has 3 aliphatic rings. The van der Waals surface area contributed by atoms with Crippen LogP contribution in [-0.2, 0) is 19.1 Å². The van der Waals surface area contributed by atoms with Crippen LogP contribution >= 0.6 is 0 Å². The lowest BCUT2D eigenvalue weighted by molar-refractivity contribution is -0.136. The number of carbonyl (C=O) groups excluding carboxylic acids is 2. The minimum atomic E-state index is -0.200. The number of carbonyl (C=O) groups is 2. The molecule has 0 aromatic rings. The average Bonchev–Trinajstić information content (AvgIpc) is 3.05. The van der Waals surface area contributed by atoms with Gasteiger partial charge in [-0.3, -0.25) is 4.79 Å². The summed E-state index contributed by atoms with van der Waals surface area (Å²) < 4.78 is 9.64. The minimum Gasteiger partial charge on any atom is -0.466 e. The zero-order valence-corrected chi connectivity index (χ0v) is 10.3. The predicted molar refractivity (Wildman–Crippen MR) is 63.4 cm³/mol. The van der Waals surface area contributed by atoms with Gasteiger partial charge in [-0.1, -0.05) is 12.2 Å². The molecular formula is C14H16O4. The molecule has 0 radical (unpaired) electrons. The first-order chi connectivity index (χ1) is 8.74. The molecule has 3 rings (SSSR count). The number of ether oxygens (including phenoxy) is 2. The van der Waals surface area contributed by atoms with Gasteiger partial charge in [0, 0.05) is 5.57 Å². The molecule has 0 amide bonds. The van der Waals surface area contributed by atoms with Gasteiger partial charge in [0.25, 0.3) is 6.47 Å². The fourth-order valence-electron chi connectivity index (χ4n) is 3.86. The normalized spacial score (nSPS) is 35.8. The summed E-state index contributed by atoms with van der Waals surface area (Å²) in [7, 11) is 1.42. The van der Waals surface area contributed by atoms with Gasteiger partial charge in [-0.15, -0.1) is 0 Å². The summed E-state index contributed by atoms with van der Waals surface area (Å²) in [5.74, 6) is 1.75. The van der Waals surface area contributed by atoms with E-state index in [1.807, 2.05) is 0 Å². The van der Waals surface area contributed by atoms with Gasteiger partial charge >= 0.3 is 5.97 Å². The number of methoxy groups -OCH3 is 1. The van der Waals surface area contributed by atoms with E-state index >= 15 is 0 Å². The first kappa shape index (κ1) is 11.5. The Morgan fingerprint density at radius 3 is 3.06 bits per heavy atom. The van der Waals surface area contributed by atoms with Gasteiger partial charge in [0.2, 0.25) is 0 Å². The monoisotopic (exact) mass is 248 g/mol. The lowest BCUT2D eigenvalue weighted by Gasteiger charge is -2.24. The van der Waals surface area contributed by atoms with Crippen molar-refractivity contribution in [1.82, 2.24) is 0 Å². The Hall–Kier alpha value is -1.58. The summed E-state index contributed by atoms with van der Waals surface area (Å²) in [6.07, 6.45) is 6.26. The Kier molecular flexibility index (Phi) is 2.73. The summed E-state index contributed by atoms with van der Waals surface area (Å²) in [5.41, 5.74) is 2.04. The molecule has 1 fully saturated rings. The maximum Gasteiger partial charge on any atom is 0.333 e. The second-order valence-electron chi connectivity index (χ2n) is 5.28. The standard InChI is InChI=1S/C14H16O4/c1-17-14(16)9-4-11-8-2-10(6-18-7-15)12(3-8)13(11)5-9/h2,4,7-8,11-13H,3,5-6H2,1H3/t8?,11?,12-,13-/m1/s1. The van der Waals surface area contributed by atoms with Gasteiger partial charge in [-0.2, -0.15) is 0 Å². The van der Waals surface area contributed by atoms with Crippen LogP contribution in [0.1, 0.15) is 12.8 Å². The lowest BCUT2D eigenvalue weighted by atomic mass is 9.81. The Morgan fingerprint density at radius 2 is 2.33 bits per heavy atom. The van der Waals surface area contributed by atoms with Gasteiger partial charge in [0.15, 0.2) is 0 Å². The van der Waals surface area contributed by atoms with Crippen LogP contribution in [0.3, 0.4) is 0 Å². The molecule has 0 aliphatic heterocycles. The highest BCUT2D eigenvalue weighted by Crippen LogP contribution is 2.57. The first-order valence-electron chi connectivity index (χ1n) is 6.29. The third-order valence-electron chi connectivity index (χ3n) is 4.55. The van der Waals surface area contributed by atoms with Crippen LogP contribution in [0, 0.1) is 23.7 Å². The van der Waals surface area contributed by atoms with E-state index in [9.17, 15) is 9.59 Å². The third kappa shape index (κ3) is 1.59. The van der Waals surface area contributed by atoms with Gasteiger partial charge in [-0.05, 0) is 42.1 Å². The van der Waals surface area contributed by atoms with E-state index in [1.54, 1.807) is 0 Å². The van der Waals surface area contributed by atoms with Gasteiger partial charge in [0.05, 0.1) is 7.11 Å². The number of esters is 1. The van der Waals surface area contributed by atoms with Crippen LogP contribution in [0.5, 0.6) is 0 Å². The summed E-state index contributed by atoms with van der Waals surface area (Å²) in [6.45, 7) is 0.901. The van der Waals surface area contributed by atoms with E-state index in [0.717, 1.165) is 18.4 Å². The van der Waals surface area contributed by atoms with Gasteiger partial charge < -0.3 is 9.47 Å². The maximum atomic E-state index is 11.6. The molecule has 4 heteroatoms. The second kappa shape index (κ2) is 4.26. The van der Waals surface area contributed by atoms with E-state index in [2.05, 4.69) is 12.2 Å². The van der Waals surface area contributed by atoms with Crippen molar-refractivity contribution >= 4 is 12.4 Å². The smallest absolute Gasteiger partial charge is 0.333 e. The molecule has 3 aliphatic carbocycles. The molecule has 2 bridgehead atoms. The highest BCUT2D eigenvalue weighted by molar-refractivity contribution is 5.89. The van der Waals surface area contributed by atoms with Crippen LogP contribution in [-0.4, -0.2) is 26.2 Å². The van der Waals surface area contributed by atoms with Crippen LogP contribution in [0.2, 0.25) is 0 Å². The van der Waals surface area contributed by atoms with E-state index < -0.39 is 0 Å². The molecule has 0 aromatic carbocycles. The van der Waals surface area contributed by atoms with Crippen molar-refractivity contribution < 1.29 is 19.1 Å². The largest absolute Gasteiger partial charge is 0.466 e. The SMILES string of the molecule is COC(=O)C1=CC2C3C=C(COC=O)[C@@H](C3)[C@@H]2C1. The Bertz CT molecular complexity index is 449. The molecule has 18 heavy (non-hydrogen) atoms. The fourth-order valence-corrected chi connectivity index (χ4v) is 3.86.